The molecule has 156 valence electrons. The van der Waals surface area contributed by atoms with Crippen molar-refractivity contribution in [2.75, 3.05) is 27.2 Å². The van der Waals surface area contributed by atoms with Gasteiger partial charge in [0.1, 0.15) is 0 Å². The Morgan fingerprint density at radius 1 is 1.13 bits per heavy atom. The molecule has 3 rings (SSSR count). The number of aromatic nitrogens is 1. The lowest BCUT2D eigenvalue weighted by molar-refractivity contribution is 0.0949. The van der Waals surface area contributed by atoms with Crippen molar-refractivity contribution >= 4 is 34.8 Å². The molecule has 0 spiro atoms. The van der Waals surface area contributed by atoms with Gasteiger partial charge in [-0.05, 0) is 50.0 Å². The molecule has 1 aromatic heterocycles. The molecule has 8 heteroatoms. The van der Waals surface area contributed by atoms with E-state index in [-0.39, 0.29) is 11.8 Å². The summed E-state index contributed by atoms with van der Waals surface area (Å²) < 4.78 is 1.89. The molecule has 0 saturated carbocycles. The first-order chi connectivity index (χ1) is 14.4. The third kappa shape index (κ3) is 6.13. The standard InChI is InChI=1S/C22H23ClN4O2S/c1-26(2)10-9-24-20(28)17-6-3-5-16(13-17)15-27-11-12-30-22(27)25-21(29)18-7-4-8-19(23)14-18/h3-8,11-14H,9-10,15H2,1-2H3,(H,24,28). The number of nitrogens with zero attached hydrogens (tertiary/aromatic N) is 3. The van der Waals surface area contributed by atoms with Gasteiger partial charge in [0.2, 0.25) is 0 Å². The summed E-state index contributed by atoms with van der Waals surface area (Å²) in [5.41, 5.74) is 2.00. The lowest BCUT2D eigenvalue weighted by atomic mass is 10.1. The van der Waals surface area contributed by atoms with Crippen molar-refractivity contribution < 1.29 is 9.59 Å². The van der Waals surface area contributed by atoms with Crippen molar-refractivity contribution in [1.82, 2.24) is 14.8 Å². The Labute approximate surface area is 184 Å². The Morgan fingerprint density at radius 2 is 1.90 bits per heavy atom. The van der Waals surface area contributed by atoms with Crippen LogP contribution in [0, 0.1) is 0 Å². The summed E-state index contributed by atoms with van der Waals surface area (Å²) in [6.45, 7) is 1.87. The number of hydrogen-bond donors (Lipinski definition) is 1. The van der Waals surface area contributed by atoms with Crippen LogP contribution in [0.5, 0.6) is 0 Å². The zero-order valence-electron chi connectivity index (χ0n) is 16.8. The van der Waals surface area contributed by atoms with E-state index in [9.17, 15) is 9.59 Å². The predicted octanol–water partition coefficient (Wildman–Crippen LogP) is 3.28. The van der Waals surface area contributed by atoms with Crippen LogP contribution in [0.2, 0.25) is 5.02 Å². The Hall–Kier alpha value is -2.74. The monoisotopic (exact) mass is 442 g/mol. The molecule has 0 aliphatic carbocycles. The van der Waals surface area contributed by atoms with Crippen molar-refractivity contribution in [2.24, 2.45) is 4.99 Å². The zero-order chi connectivity index (χ0) is 21.5. The van der Waals surface area contributed by atoms with E-state index in [1.54, 1.807) is 30.3 Å². The van der Waals surface area contributed by atoms with E-state index in [4.69, 9.17) is 11.6 Å². The molecule has 0 saturated heterocycles. The number of halogens is 1. The fraction of sp³-hybridized carbons (Fsp3) is 0.227. The van der Waals surface area contributed by atoms with Crippen LogP contribution in [-0.4, -0.2) is 48.5 Å². The van der Waals surface area contributed by atoms with Crippen molar-refractivity contribution in [3.05, 3.63) is 86.6 Å². The van der Waals surface area contributed by atoms with Gasteiger partial charge in [0.15, 0.2) is 4.80 Å². The summed E-state index contributed by atoms with van der Waals surface area (Å²) in [4.78, 5) is 31.7. The van der Waals surface area contributed by atoms with Crippen molar-refractivity contribution in [2.45, 2.75) is 6.54 Å². The van der Waals surface area contributed by atoms with E-state index < -0.39 is 0 Å². The highest BCUT2D eigenvalue weighted by molar-refractivity contribution is 7.07. The highest BCUT2D eigenvalue weighted by Gasteiger charge is 2.08. The summed E-state index contributed by atoms with van der Waals surface area (Å²) in [5.74, 6) is -0.446. The van der Waals surface area contributed by atoms with Gasteiger partial charge in [-0.2, -0.15) is 4.99 Å². The van der Waals surface area contributed by atoms with E-state index in [0.717, 1.165) is 12.1 Å². The second-order valence-corrected chi connectivity index (χ2v) is 8.31. The van der Waals surface area contributed by atoms with Crippen LogP contribution in [0.1, 0.15) is 26.3 Å². The van der Waals surface area contributed by atoms with Gasteiger partial charge in [0.25, 0.3) is 11.8 Å². The Balaban J connectivity index is 1.74. The number of carbonyl (C=O) groups excluding carboxylic acids is 2. The Kier molecular flexibility index (Phi) is 7.57. The first kappa shape index (κ1) is 22.0. The van der Waals surface area contributed by atoms with Gasteiger partial charge in [-0.25, -0.2) is 0 Å². The van der Waals surface area contributed by atoms with E-state index in [1.165, 1.54) is 11.3 Å². The van der Waals surface area contributed by atoms with Crippen LogP contribution in [0.25, 0.3) is 0 Å². The molecule has 1 heterocycles. The van der Waals surface area contributed by atoms with E-state index in [0.29, 0.717) is 34.0 Å². The SMILES string of the molecule is CN(C)CCNC(=O)c1cccc(Cn2ccsc2=NC(=O)c2cccc(Cl)c2)c1. The lowest BCUT2D eigenvalue weighted by Crippen LogP contribution is -2.31. The lowest BCUT2D eigenvalue weighted by Gasteiger charge is -2.11. The van der Waals surface area contributed by atoms with Gasteiger partial charge >= 0.3 is 0 Å². The average molecular weight is 443 g/mol. The van der Waals surface area contributed by atoms with E-state index in [2.05, 4.69) is 10.3 Å². The minimum absolute atomic E-state index is 0.102. The second kappa shape index (κ2) is 10.3. The third-order valence-electron chi connectivity index (χ3n) is 4.32. The molecule has 2 aromatic carbocycles. The maximum atomic E-state index is 12.5. The van der Waals surface area contributed by atoms with Gasteiger partial charge in [-0.3, -0.25) is 9.59 Å². The number of carbonyl (C=O) groups is 2. The second-order valence-electron chi connectivity index (χ2n) is 7.00. The first-order valence-corrected chi connectivity index (χ1v) is 10.7. The van der Waals surface area contributed by atoms with Crippen LogP contribution in [0.15, 0.2) is 65.1 Å². The fourth-order valence-corrected chi connectivity index (χ4v) is 3.70. The molecular weight excluding hydrogens is 420 g/mol. The highest BCUT2D eigenvalue weighted by atomic mass is 35.5. The molecule has 1 N–H and O–H groups in total. The normalized spacial score (nSPS) is 11.7. The van der Waals surface area contributed by atoms with Crippen molar-refractivity contribution in [3.63, 3.8) is 0 Å². The largest absolute Gasteiger partial charge is 0.351 e. The Bertz CT molecular complexity index is 1100. The van der Waals surface area contributed by atoms with Crippen LogP contribution < -0.4 is 10.1 Å². The van der Waals surface area contributed by atoms with Crippen molar-refractivity contribution in [3.8, 4) is 0 Å². The van der Waals surface area contributed by atoms with Gasteiger partial charge in [-0.15, -0.1) is 11.3 Å². The van der Waals surface area contributed by atoms with E-state index in [1.807, 2.05) is 53.3 Å². The Morgan fingerprint density at radius 3 is 2.67 bits per heavy atom. The van der Waals surface area contributed by atoms with Crippen LogP contribution in [-0.2, 0) is 6.54 Å². The molecule has 0 aliphatic heterocycles. The summed E-state index contributed by atoms with van der Waals surface area (Å²) in [6, 6.07) is 14.2. The molecule has 0 atom stereocenters. The van der Waals surface area contributed by atoms with Gasteiger partial charge in [0.05, 0.1) is 0 Å². The molecule has 30 heavy (non-hydrogen) atoms. The molecule has 0 unspecified atom stereocenters. The van der Waals surface area contributed by atoms with Gasteiger partial charge in [0, 0.05) is 47.4 Å². The number of nitrogens with one attached hydrogen (secondary N) is 1. The molecule has 3 aromatic rings. The summed E-state index contributed by atoms with van der Waals surface area (Å²) >= 11 is 7.34. The van der Waals surface area contributed by atoms with Crippen LogP contribution >= 0.6 is 22.9 Å². The predicted molar refractivity (Wildman–Crippen MR) is 120 cm³/mol. The maximum Gasteiger partial charge on any atom is 0.279 e. The average Bonchev–Trinajstić information content (AvgIpc) is 3.14. The molecular formula is C22H23ClN4O2S. The van der Waals surface area contributed by atoms with Crippen molar-refractivity contribution in [1.29, 1.82) is 0 Å². The minimum Gasteiger partial charge on any atom is -0.351 e. The summed E-state index contributed by atoms with van der Waals surface area (Å²) in [5, 5.41) is 5.29. The van der Waals surface area contributed by atoms with Gasteiger partial charge in [-0.1, -0.05) is 29.8 Å². The summed E-state index contributed by atoms with van der Waals surface area (Å²) in [6.07, 6.45) is 1.87. The summed E-state index contributed by atoms with van der Waals surface area (Å²) in [7, 11) is 3.93. The number of hydrogen-bond acceptors (Lipinski definition) is 4. The molecule has 6 nitrogen and oxygen atoms in total. The van der Waals surface area contributed by atoms with Crippen LogP contribution in [0.3, 0.4) is 0 Å². The minimum atomic E-state index is -0.345. The number of thiazole rings is 1. The maximum absolute atomic E-state index is 12.5. The topological polar surface area (TPSA) is 66.7 Å². The quantitative estimate of drug-likeness (QED) is 0.610. The smallest absolute Gasteiger partial charge is 0.279 e. The molecule has 2 amide bonds. The van der Waals surface area contributed by atoms with E-state index >= 15 is 0 Å². The molecule has 0 fully saturated rings. The highest BCUT2D eigenvalue weighted by Crippen LogP contribution is 2.12. The van der Waals surface area contributed by atoms with Crippen LogP contribution in [0.4, 0.5) is 0 Å². The molecule has 0 radical (unpaired) electrons. The molecule has 0 bridgehead atoms. The number of rotatable bonds is 7. The third-order valence-corrected chi connectivity index (χ3v) is 5.34. The van der Waals surface area contributed by atoms with Gasteiger partial charge < -0.3 is 14.8 Å². The first-order valence-electron chi connectivity index (χ1n) is 9.43. The molecule has 0 aliphatic rings. The number of benzene rings is 2. The fourth-order valence-electron chi connectivity index (χ4n) is 2.78. The number of likely N-dealkylation sites (N-methyl/N-ethyl adjacent to an activating group) is 1. The zero-order valence-corrected chi connectivity index (χ0v) is 18.4. The number of amides is 2.